The molecule has 118 valence electrons. The van der Waals surface area contributed by atoms with Gasteiger partial charge in [-0.3, -0.25) is 9.59 Å². The third kappa shape index (κ3) is 6.60. The molecule has 0 radical (unpaired) electrons. The van der Waals surface area contributed by atoms with Crippen molar-refractivity contribution in [1.29, 1.82) is 0 Å². The number of carbonyl (C=O) groups is 2. The van der Waals surface area contributed by atoms with Crippen molar-refractivity contribution in [1.82, 2.24) is 10.6 Å². The molecule has 2 atom stereocenters. The van der Waals surface area contributed by atoms with Gasteiger partial charge in [-0.1, -0.05) is 37.3 Å². The highest BCUT2D eigenvalue weighted by atomic mass is 35.5. The molecule has 2 unspecified atom stereocenters. The van der Waals surface area contributed by atoms with Crippen molar-refractivity contribution in [3.05, 3.63) is 35.9 Å². The van der Waals surface area contributed by atoms with Crippen LogP contribution < -0.4 is 16.4 Å². The van der Waals surface area contributed by atoms with Crippen LogP contribution in [0.15, 0.2) is 30.3 Å². The van der Waals surface area contributed by atoms with E-state index in [4.69, 9.17) is 5.73 Å². The van der Waals surface area contributed by atoms with Crippen molar-refractivity contribution in [2.75, 3.05) is 6.54 Å². The highest BCUT2D eigenvalue weighted by molar-refractivity contribution is 5.86. The molecule has 0 heterocycles. The maximum atomic E-state index is 12.0. The summed E-state index contributed by atoms with van der Waals surface area (Å²) in [5.74, 6) is -0.821. The number of benzene rings is 1. The first kappa shape index (κ1) is 19.4. The first-order chi connectivity index (χ1) is 9.41. The summed E-state index contributed by atoms with van der Waals surface area (Å²) in [7, 11) is 0. The minimum Gasteiger partial charge on any atom is -0.352 e. The molecule has 1 aromatic rings. The number of nitrogens with one attached hydrogen (secondary N) is 2. The van der Waals surface area contributed by atoms with Crippen molar-refractivity contribution in [2.45, 2.75) is 32.9 Å². The van der Waals surface area contributed by atoms with E-state index < -0.39 is 5.92 Å². The first-order valence-electron chi connectivity index (χ1n) is 6.79. The van der Waals surface area contributed by atoms with Crippen LogP contribution in [0.25, 0.3) is 0 Å². The van der Waals surface area contributed by atoms with Gasteiger partial charge in [0, 0.05) is 12.1 Å². The lowest BCUT2D eigenvalue weighted by Crippen LogP contribution is -2.43. The van der Waals surface area contributed by atoms with Crippen LogP contribution in [0.2, 0.25) is 0 Å². The molecule has 0 saturated heterocycles. The summed E-state index contributed by atoms with van der Waals surface area (Å²) in [4.78, 5) is 23.4. The second-order valence-corrected chi connectivity index (χ2v) is 5.17. The molecule has 0 aliphatic rings. The molecule has 0 aromatic heterocycles. The molecule has 0 saturated carbocycles. The molecule has 5 nitrogen and oxygen atoms in total. The smallest absolute Gasteiger partial charge is 0.239 e. The molecule has 1 aromatic carbocycles. The van der Waals surface area contributed by atoms with Gasteiger partial charge in [-0.15, -0.1) is 12.4 Å². The fourth-order valence-electron chi connectivity index (χ4n) is 1.83. The van der Waals surface area contributed by atoms with Gasteiger partial charge in [0.1, 0.15) is 0 Å². The standard InChI is InChI=1S/C15H23N3O2.ClH/c1-10(2)18-13(19)9-17-15(20)11(3)14(16)12-7-5-4-6-8-12;/h4-8,10-11,14H,9,16H2,1-3H3,(H,17,20)(H,18,19);1H. The van der Waals surface area contributed by atoms with Gasteiger partial charge >= 0.3 is 0 Å². The molecule has 0 fully saturated rings. The van der Waals surface area contributed by atoms with E-state index in [1.54, 1.807) is 6.92 Å². The number of nitrogens with two attached hydrogens (primary N) is 1. The third-order valence-electron chi connectivity index (χ3n) is 3.01. The predicted octanol–water partition coefficient (Wildman–Crippen LogP) is 1.39. The van der Waals surface area contributed by atoms with Gasteiger partial charge in [-0.25, -0.2) is 0 Å². The van der Waals surface area contributed by atoms with Crippen molar-refractivity contribution in [3.8, 4) is 0 Å². The fraction of sp³-hybridized carbons (Fsp3) is 0.467. The Morgan fingerprint density at radius 1 is 1.14 bits per heavy atom. The average molecular weight is 314 g/mol. The van der Waals surface area contributed by atoms with Gasteiger partial charge in [0.2, 0.25) is 11.8 Å². The Bertz CT molecular complexity index is 451. The Balaban J connectivity index is 0.00000400. The van der Waals surface area contributed by atoms with Crippen LogP contribution in [0, 0.1) is 5.92 Å². The SMILES string of the molecule is CC(C)NC(=O)CNC(=O)C(C)C(N)c1ccccc1.Cl. The van der Waals surface area contributed by atoms with Crippen LogP contribution >= 0.6 is 12.4 Å². The van der Waals surface area contributed by atoms with Crippen LogP contribution in [0.4, 0.5) is 0 Å². The van der Waals surface area contributed by atoms with Crippen molar-refractivity contribution in [3.63, 3.8) is 0 Å². The number of hydrogen-bond donors (Lipinski definition) is 3. The van der Waals surface area contributed by atoms with Crippen molar-refractivity contribution < 1.29 is 9.59 Å². The zero-order valence-electron chi connectivity index (χ0n) is 12.6. The van der Waals surface area contributed by atoms with Gasteiger partial charge in [0.05, 0.1) is 12.5 Å². The summed E-state index contributed by atoms with van der Waals surface area (Å²) in [6.45, 7) is 5.47. The van der Waals surface area contributed by atoms with Crippen LogP contribution in [0.1, 0.15) is 32.4 Å². The van der Waals surface area contributed by atoms with E-state index in [0.29, 0.717) is 0 Å². The monoisotopic (exact) mass is 313 g/mol. The lowest BCUT2D eigenvalue weighted by atomic mass is 9.95. The quantitative estimate of drug-likeness (QED) is 0.742. The number of halogens is 1. The molecular formula is C15H24ClN3O2. The highest BCUT2D eigenvalue weighted by Crippen LogP contribution is 2.18. The first-order valence-corrected chi connectivity index (χ1v) is 6.79. The summed E-state index contributed by atoms with van der Waals surface area (Å²) >= 11 is 0. The van der Waals surface area contributed by atoms with E-state index in [9.17, 15) is 9.59 Å². The number of rotatable bonds is 6. The minimum absolute atomic E-state index is 0. The zero-order valence-corrected chi connectivity index (χ0v) is 13.4. The summed E-state index contributed by atoms with van der Waals surface area (Å²) in [5, 5.41) is 5.32. The molecule has 21 heavy (non-hydrogen) atoms. The molecule has 4 N–H and O–H groups in total. The van der Waals surface area contributed by atoms with Crippen LogP contribution in [-0.4, -0.2) is 24.4 Å². The molecule has 6 heteroatoms. The third-order valence-corrected chi connectivity index (χ3v) is 3.01. The summed E-state index contributed by atoms with van der Waals surface area (Å²) in [5.41, 5.74) is 6.97. The average Bonchev–Trinajstić information content (AvgIpc) is 2.43. The Morgan fingerprint density at radius 2 is 1.71 bits per heavy atom. The fourth-order valence-corrected chi connectivity index (χ4v) is 1.83. The largest absolute Gasteiger partial charge is 0.352 e. The van der Waals surface area contributed by atoms with Crippen LogP contribution in [-0.2, 0) is 9.59 Å². The number of amides is 2. The molecular weight excluding hydrogens is 290 g/mol. The van der Waals surface area contributed by atoms with Crippen LogP contribution in [0.5, 0.6) is 0 Å². The van der Waals surface area contributed by atoms with Gasteiger partial charge in [0.25, 0.3) is 0 Å². The Morgan fingerprint density at radius 3 is 2.24 bits per heavy atom. The van der Waals surface area contributed by atoms with Crippen LogP contribution in [0.3, 0.4) is 0 Å². The number of carbonyl (C=O) groups excluding carboxylic acids is 2. The lowest BCUT2D eigenvalue weighted by molar-refractivity contribution is -0.128. The number of hydrogen-bond acceptors (Lipinski definition) is 3. The molecule has 1 rings (SSSR count). The maximum Gasteiger partial charge on any atom is 0.239 e. The molecule has 0 spiro atoms. The van der Waals surface area contributed by atoms with Gasteiger partial charge in [0.15, 0.2) is 0 Å². The Labute approximate surface area is 132 Å². The van der Waals surface area contributed by atoms with E-state index in [1.165, 1.54) is 0 Å². The lowest BCUT2D eigenvalue weighted by Gasteiger charge is -2.20. The van der Waals surface area contributed by atoms with Crippen molar-refractivity contribution >= 4 is 24.2 Å². The normalized spacial score (nSPS) is 13.0. The van der Waals surface area contributed by atoms with Crippen molar-refractivity contribution in [2.24, 2.45) is 11.7 Å². The molecule has 0 bridgehead atoms. The summed E-state index contributed by atoms with van der Waals surface area (Å²) in [6, 6.07) is 9.12. The maximum absolute atomic E-state index is 12.0. The molecule has 0 aliphatic heterocycles. The van der Waals surface area contributed by atoms with E-state index in [1.807, 2.05) is 44.2 Å². The second kappa shape index (κ2) is 9.37. The van der Waals surface area contributed by atoms with Gasteiger partial charge in [-0.2, -0.15) is 0 Å². The minimum atomic E-state index is -0.399. The van der Waals surface area contributed by atoms with E-state index >= 15 is 0 Å². The second-order valence-electron chi connectivity index (χ2n) is 5.17. The zero-order chi connectivity index (χ0) is 15.1. The Hall–Kier alpha value is -1.59. The molecule has 2 amide bonds. The van der Waals surface area contributed by atoms with E-state index in [-0.39, 0.29) is 42.8 Å². The molecule has 0 aliphatic carbocycles. The topological polar surface area (TPSA) is 84.2 Å². The summed E-state index contributed by atoms with van der Waals surface area (Å²) in [6.07, 6.45) is 0. The predicted molar refractivity (Wildman–Crippen MR) is 86.1 cm³/mol. The van der Waals surface area contributed by atoms with Gasteiger partial charge in [-0.05, 0) is 19.4 Å². The van der Waals surface area contributed by atoms with Gasteiger partial charge < -0.3 is 16.4 Å². The Kier molecular flexibility index (Phi) is 8.66. The summed E-state index contributed by atoms with van der Waals surface area (Å²) < 4.78 is 0. The highest BCUT2D eigenvalue weighted by Gasteiger charge is 2.22. The van der Waals surface area contributed by atoms with E-state index in [0.717, 1.165) is 5.56 Å². The van der Waals surface area contributed by atoms with E-state index in [2.05, 4.69) is 10.6 Å².